The first-order chi connectivity index (χ1) is 13.0. The van der Waals surface area contributed by atoms with E-state index in [9.17, 15) is 9.59 Å². The first kappa shape index (κ1) is 21.1. The monoisotopic (exact) mass is 406 g/mol. The molecule has 0 atom stereocenters. The molecule has 0 saturated heterocycles. The molecule has 5 nitrogen and oxygen atoms in total. The molecule has 2 aromatic carbocycles. The minimum atomic E-state index is -0.169. The summed E-state index contributed by atoms with van der Waals surface area (Å²) in [7, 11) is 1.54. The van der Waals surface area contributed by atoms with Crippen LogP contribution in [0.5, 0.6) is 5.75 Å². The molecule has 0 fully saturated rings. The van der Waals surface area contributed by atoms with E-state index < -0.39 is 0 Å². The van der Waals surface area contributed by atoms with Gasteiger partial charge in [0, 0.05) is 22.0 Å². The fourth-order valence-corrected chi connectivity index (χ4v) is 3.26. The van der Waals surface area contributed by atoms with Crippen LogP contribution in [0.3, 0.4) is 0 Å². The molecule has 2 aromatic rings. The molecule has 7 heteroatoms. The molecule has 0 radical (unpaired) electrons. The summed E-state index contributed by atoms with van der Waals surface area (Å²) in [5, 5.41) is 6.20. The minimum absolute atomic E-state index is 0.00444. The van der Waals surface area contributed by atoms with Gasteiger partial charge in [-0.2, -0.15) is 0 Å². The highest BCUT2D eigenvalue weighted by atomic mass is 35.5. The van der Waals surface area contributed by atoms with E-state index in [0.29, 0.717) is 22.9 Å². The second-order valence-corrected chi connectivity index (χ2v) is 7.35. The van der Waals surface area contributed by atoms with Gasteiger partial charge in [-0.25, -0.2) is 0 Å². The van der Waals surface area contributed by atoms with Crippen molar-refractivity contribution in [3.63, 3.8) is 0 Å². The lowest BCUT2D eigenvalue weighted by Crippen LogP contribution is -2.14. The van der Waals surface area contributed by atoms with Crippen LogP contribution >= 0.6 is 23.4 Å². The number of hydrogen-bond donors (Lipinski definition) is 2. The van der Waals surface area contributed by atoms with E-state index in [0.717, 1.165) is 23.4 Å². The van der Waals surface area contributed by atoms with Crippen LogP contribution in [0.25, 0.3) is 0 Å². The van der Waals surface area contributed by atoms with E-state index in [1.807, 2.05) is 24.3 Å². The average molecular weight is 407 g/mol. The van der Waals surface area contributed by atoms with Crippen LogP contribution < -0.4 is 15.4 Å². The Morgan fingerprint density at radius 1 is 1.11 bits per heavy atom. The normalized spacial score (nSPS) is 10.3. The Balaban J connectivity index is 1.91. The van der Waals surface area contributed by atoms with Gasteiger partial charge in [-0.3, -0.25) is 9.59 Å². The van der Waals surface area contributed by atoms with Crippen LogP contribution in [-0.2, 0) is 9.59 Å². The number of unbranched alkanes of at least 4 members (excludes halogenated alkanes) is 1. The Labute approximate surface area is 168 Å². The highest BCUT2D eigenvalue weighted by Gasteiger charge is 2.09. The van der Waals surface area contributed by atoms with Crippen LogP contribution in [-0.4, -0.2) is 24.7 Å². The Hall–Kier alpha value is -2.18. The first-order valence-corrected chi connectivity index (χ1v) is 10.0. The van der Waals surface area contributed by atoms with Crippen molar-refractivity contribution in [3.05, 3.63) is 47.5 Å². The van der Waals surface area contributed by atoms with Crippen molar-refractivity contribution in [2.45, 2.75) is 31.1 Å². The number of rotatable bonds is 9. The molecule has 0 saturated carbocycles. The second-order valence-electron chi connectivity index (χ2n) is 5.86. The number of halogens is 1. The van der Waals surface area contributed by atoms with Gasteiger partial charge in [0.05, 0.1) is 18.6 Å². The number of anilines is 2. The third-order valence-corrected chi connectivity index (χ3v) is 4.91. The topological polar surface area (TPSA) is 67.4 Å². The van der Waals surface area contributed by atoms with Crippen LogP contribution in [0, 0.1) is 0 Å². The van der Waals surface area contributed by atoms with Crippen LogP contribution in [0.2, 0.25) is 5.02 Å². The Morgan fingerprint density at radius 3 is 2.67 bits per heavy atom. The van der Waals surface area contributed by atoms with Crippen molar-refractivity contribution >= 4 is 46.6 Å². The molecule has 27 heavy (non-hydrogen) atoms. The van der Waals surface area contributed by atoms with Crippen molar-refractivity contribution in [1.29, 1.82) is 0 Å². The summed E-state index contributed by atoms with van der Waals surface area (Å²) in [6.07, 6.45) is 2.36. The van der Waals surface area contributed by atoms with E-state index in [2.05, 4.69) is 17.6 Å². The molecule has 0 unspecified atom stereocenters. The molecule has 0 aliphatic heterocycles. The fourth-order valence-electron chi connectivity index (χ4n) is 2.34. The molecular weight excluding hydrogens is 384 g/mol. The second kappa shape index (κ2) is 10.8. The zero-order valence-electron chi connectivity index (χ0n) is 15.4. The maximum Gasteiger partial charge on any atom is 0.234 e. The summed E-state index contributed by atoms with van der Waals surface area (Å²) >= 11 is 7.36. The number of hydrogen-bond acceptors (Lipinski definition) is 4. The van der Waals surface area contributed by atoms with E-state index in [1.165, 1.54) is 18.9 Å². The minimum Gasteiger partial charge on any atom is -0.495 e. The maximum absolute atomic E-state index is 12.2. The number of thioether (sulfide) groups is 1. The van der Waals surface area contributed by atoms with Crippen molar-refractivity contribution in [3.8, 4) is 5.75 Å². The number of methoxy groups -OCH3 is 1. The Kier molecular flexibility index (Phi) is 8.48. The Morgan fingerprint density at radius 2 is 1.93 bits per heavy atom. The lowest BCUT2D eigenvalue weighted by Gasteiger charge is -2.11. The number of benzene rings is 2. The summed E-state index contributed by atoms with van der Waals surface area (Å²) in [5.74, 6) is 0.611. The average Bonchev–Trinajstić information content (AvgIpc) is 2.65. The number of amides is 2. The van der Waals surface area contributed by atoms with E-state index in [1.54, 1.807) is 18.2 Å². The lowest BCUT2D eigenvalue weighted by atomic mass is 10.2. The van der Waals surface area contributed by atoms with E-state index in [4.69, 9.17) is 16.3 Å². The summed E-state index contributed by atoms with van der Waals surface area (Å²) in [4.78, 5) is 25.0. The third kappa shape index (κ3) is 7.15. The molecule has 0 aliphatic rings. The largest absolute Gasteiger partial charge is 0.495 e. The molecule has 0 aliphatic carbocycles. The fraction of sp³-hybridized carbons (Fsp3) is 0.300. The maximum atomic E-state index is 12.2. The summed E-state index contributed by atoms with van der Waals surface area (Å²) < 4.78 is 5.22. The molecule has 2 rings (SSSR count). The van der Waals surface area contributed by atoms with Gasteiger partial charge in [0.25, 0.3) is 0 Å². The van der Waals surface area contributed by atoms with Gasteiger partial charge in [0.15, 0.2) is 0 Å². The van der Waals surface area contributed by atoms with Gasteiger partial charge < -0.3 is 15.4 Å². The predicted molar refractivity (Wildman–Crippen MR) is 112 cm³/mol. The number of ether oxygens (including phenoxy) is 1. The molecule has 144 valence electrons. The smallest absolute Gasteiger partial charge is 0.234 e. The molecular formula is C20H23ClN2O3S. The van der Waals surface area contributed by atoms with Gasteiger partial charge >= 0.3 is 0 Å². The summed E-state index contributed by atoms with van der Waals surface area (Å²) in [6, 6.07) is 12.5. The summed E-state index contributed by atoms with van der Waals surface area (Å²) in [6.45, 7) is 2.05. The molecule has 2 N–H and O–H groups in total. The van der Waals surface area contributed by atoms with Crippen LogP contribution in [0.1, 0.15) is 26.2 Å². The van der Waals surface area contributed by atoms with Crippen molar-refractivity contribution < 1.29 is 14.3 Å². The molecule has 0 spiro atoms. The van der Waals surface area contributed by atoms with Gasteiger partial charge in [-0.15, -0.1) is 11.8 Å². The van der Waals surface area contributed by atoms with Crippen molar-refractivity contribution in [2.75, 3.05) is 23.5 Å². The molecule has 0 heterocycles. The predicted octanol–water partition coefficient (Wildman–Crippen LogP) is 5.21. The van der Waals surface area contributed by atoms with Gasteiger partial charge in [-0.1, -0.05) is 31.0 Å². The number of carbonyl (C=O) groups is 2. The highest BCUT2D eigenvalue weighted by Crippen LogP contribution is 2.28. The quantitative estimate of drug-likeness (QED) is 0.561. The number of nitrogens with one attached hydrogen (secondary N) is 2. The zero-order chi connectivity index (χ0) is 19.6. The van der Waals surface area contributed by atoms with Crippen molar-refractivity contribution in [2.24, 2.45) is 0 Å². The SMILES string of the molecule is CCCCC(=O)Nc1cccc(SCC(=O)Nc2cc(Cl)ccc2OC)c1. The lowest BCUT2D eigenvalue weighted by molar-refractivity contribution is -0.116. The highest BCUT2D eigenvalue weighted by molar-refractivity contribution is 8.00. The van der Waals surface area contributed by atoms with Crippen LogP contribution in [0.15, 0.2) is 47.4 Å². The number of carbonyl (C=O) groups excluding carboxylic acids is 2. The van der Waals surface area contributed by atoms with Gasteiger partial charge in [-0.05, 0) is 42.8 Å². The zero-order valence-corrected chi connectivity index (χ0v) is 17.0. The summed E-state index contributed by atoms with van der Waals surface area (Å²) in [5.41, 5.74) is 1.27. The van der Waals surface area contributed by atoms with Gasteiger partial charge in [0.1, 0.15) is 5.75 Å². The third-order valence-electron chi connectivity index (χ3n) is 3.68. The van der Waals surface area contributed by atoms with E-state index >= 15 is 0 Å². The standard InChI is InChI=1S/C20H23ClN2O3S/c1-3-4-8-19(24)22-15-6-5-7-16(12-15)27-13-20(25)23-17-11-14(21)9-10-18(17)26-2/h5-7,9-12H,3-4,8,13H2,1-2H3,(H,22,24)(H,23,25). The first-order valence-electron chi connectivity index (χ1n) is 8.68. The molecule has 2 amide bonds. The van der Waals surface area contributed by atoms with Crippen LogP contribution in [0.4, 0.5) is 11.4 Å². The van der Waals surface area contributed by atoms with E-state index in [-0.39, 0.29) is 17.6 Å². The molecule has 0 bridgehead atoms. The van der Waals surface area contributed by atoms with Gasteiger partial charge in [0.2, 0.25) is 11.8 Å². The Bertz CT molecular complexity index is 799. The van der Waals surface area contributed by atoms with Crippen molar-refractivity contribution in [1.82, 2.24) is 0 Å². The molecule has 0 aromatic heterocycles.